The number of para-hydroxylation sites is 4. The molecule has 0 saturated heterocycles. The fourth-order valence-corrected chi connectivity index (χ4v) is 9.15. The molecule has 0 bridgehead atoms. The maximum absolute atomic E-state index is 7.38. The largest absolute Gasteiger partial charge is 0.382 e. The van der Waals surface area contributed by atoms with Gasteiger partial charge in [0.15, 0.2) is 0 Å². The van der Waals surface area contributed by atoms with E-state index in [9.17, 15) is 0 Å². The van der Waals surface area contributed by atoms with Crippen LogP contribution in [0.2, 0.25) is 0 Å². The number of anilines is 4. The molecule has 0 aliphatic carbocycles. The van der Waals surface area contributed by atoms with Gasteiger partial charge in [-0.15, -0.1) is 0 Å². The molecule has 10 heteroatoms. The Morgan fingerprint density at radius 1 is 0.306 bits per heavy atom. The van der Waals surface area contributed by atoms with Crippen LogP contribution in [0.25, 0.3) is 0 Å². The van der Waals surface area contributed by atoms with Crippen molar-refractivity contribution in [2.75, 3.05) is 34.5 Å². The number of rotatable bonds is 22. The summed E-state index contributed by atoms with van der Waals surface area (Å²) in [7, 11) is 0. The first-order valence-electron chi connectivity index (χ1n) is 27.0. The van der Waals surface area contributed by atoms with Gasteiger partial charge in [0.05, 0.1) is 13.2 Å². The molecule has 0 aromatic heterocycles. The van der Waals surface area contributed by atoms with Gasteiger partial charge in [-0.25, -0.2) is 9.78 Å². The van der Waals surface area contributed by atoms with Crippen LogP contribution >= 0.6 is 0 Å². The van der Waals surface area contributed by atoms with Crippen LogP contribution in [0.4, 0.5) is 22.7 Å². The molecule has 0 aliphatic heterocycles. The minimum atomic E-state index is 0. The Labute approximate surface area is 467 Å². The Kier molecular flexibility index (Phi) is 36.6. The summed E-state index contributed by atoms with van der Waals surface area (Å²) < 4.78 is 0. The summed E-state index contributed by atoms with van der Waals surface area (Å²) in [5.74, 6) is 4.08. The van der Waals surface area contributed by atoms with E-state index in [1.807, 2.05) is 0 Å². The first kappa shape index (κ1) is 71.2. The minimum absolute atomic E-state index is 0. The molecular formula is C62H104N4O4Zn2. The Morgan fingerprint density at radius 2 is 0.431 bits per heavy atom. The molecular weight excluding hydrogens is 995 g/mol. The predicted molar refractivity (Wildman–Crippen MR) is 309 cm³/mol. The van der Waals surface area contributed by atoms with E-state index in [2.05, 4.69) is 242 Å². The molecule has 4 aromatic carbocycles. The van der Waals surface area contributed by atoms with E-state index in [-0.39, 0.29) is 39.0 Å². The summed E-state index contributed by atoms with van der Waals surface area (Å²) in [6.07, 6.45) is 2.13. The van der Waals surface area contributed by atoms with Crippen molar-refractivity contribution in [1.29, 1.82) is 0 Å². The first-order chi connectivity index (χ1) is 32.9. The van der Waals surface area contributed by atoms with Crippen molar-refractivity contribution in [3.8, 4) is 0 Å². The summed E-state index contributed by atoms with van der Waals surface area (Å²) in [5, 5.41) is 30.3. The molecule has 72 heavy (non-hydrogen) atoms. The molecule has 4 atom stereocenters. The molecule has 8 nitrogen and oxygen atoms in total. The van der Waals surface area contributed by atoms with Gasteiger partial charge in [0.25, 0.3) is 0 Å². The summed E-state index contributed by atoms with van der Waals surface area (Å²) in [4.78, 5) is 7.08. The molecule has 400 valence electrons. The number of hydrogen-bond donors (Lipinski definition) is 6. The molecule has 4 aromatic rings. The Bertz CT molecular complexity index is 1660. The van der Waals surface area contributed by atoms with Gasteiger partial charge in [-0.3, -0.25) is 10.5 Å². The van der Waals surface area contributed by atoms with Crippen molar-refractivity contribution in [3.63, 3.8) is 0 Å². The Hall–Kier alpha value is -2.83. The fourth-order valence-electron chi connectivity index (χ4n) is 9.15. The third kappa shape index (κ3) is 23.8. The van der Waals surface area contributed by atoms with Gasteiger partial charge < -0.3 is 21.3 Å². The van der Waals surface area contributed by atoms with E-state index in [0.29, 0.717) is 84.7 Å². The van der Waals surface area contributed by atoms with Crippen LogP contribution in [-0.4, -0.2) is 47.9 Å². The molecule has 0 spiro atoms. The normalized spacial score (nSPS) is 12.8. The van der Waals surface area contributed by atoms with Crippen molar-refractivity contribution in [1.82, 2.24) is 0 Å². The number of nitrogens with one attached hydrogen (secondary N) is 4. The van der Waals surface area contributed by atoms with E-state index >= 15 is 0 Å². The van der Waals surface area contributed by atoms with Crippen LogP contribution in [0.3, 0.4) is 0 Å². The van der Waals surface area contributed by atoms with Crippen LogP contribution in [0.15, 0.2) is 72.8 Å². The first-order valence-corrected chi connectivity index (χ1v) is 27.0. The average molecular weight is 1100 g/mol. The second kappa shape index (κ2) is 37.0. The van der Waals surface area contributed by atoms with Crippen LogP contribution in [0, 0.1) is 0 Å². The van der Waals surface area contributed by atoms with E-state index in [1.165, 1.54) is 67.3 Å². The maximum atomic E-state index is 7.38. The summed E-state index contributed by atoms with van der Waals surface area (Å²) in [5.41, 5.74) is 16.8. The summed E-state index contributed by atoms with van der Waals surface area (Å²) in [6, 6.07) is 28.6. The quantitative estimate of drug-likeness (QED) is 0.0263. The second-order valence-electron chi connectivity index (χ2n) is 22.0. The van der Waals surface area contributed by atoms with Crippen molar-refractivity contribution in [2.45, 2.75) is 237 Å². The molecule has 0 saturated carbocycles. The van der Waals surface area contributed by atoms with Crippen LogP contribution in [-0.2, 0) is 48.7 Å². The van der Waals surface area contributed by atoms with Gasteiger partial charge in [-0.05, 0) is 146 Å². The molecule has 0 amide bonds. The summed E-state index contributed by atoms with van der Waals surface area (Å²) in [6.45, 7) is 50.0. The zero-order chi connectivity index (χ0) is 53.4. The minimum Gasteiger partial charge on any atom is -0.382 e. The summed E-state index contributed by atoms with van der Waals surface area (Å²) >= 11 is 0. The van der Waals surface area contributed by atoms with Gasteiger partial charge >= 0.3 is 0 Å². The molecule has 0 fully saturated rings. The Morgan fingerprint density at radius 3 is 0.528 bits per heavy atom. The zero-order valence-electron chi connectivity index (χ0n) is 49.8. The van der Waals surface area contributed by atoms with Gasteiger partial charge in [0, 0.05) is 85.9 Å². The van der Waals surface area contributed by atoms with Crippen LogP contribution in [0.1, 0.15) is 257 Å². The Balaban J connectivity index is 0. The third-order valence-corrected chi connectivity index (χ3v) is 12.7. The molecule has 0 heterocycles. The standard InChI is InChI=1S/2C29H46N2.2C2H6O2.2Zn/c2*1-18(2)24-13-11-14-25(19(3)4)28(24)30-22(9)17-23(10)31-29-26(20(5)6)15-12-16-27(29)21(7)8;2*1-2-4-3;;/h2*11-16,18-23,30-31H,17H2,1-10H3;2*3H,2H2,1H3;;. The zero-order valence-corrected chi connectivity index (χ0v) is 55.7. The van der Waals surface area contributed by atoms with Crippen molar-refractivity contribution in [3.05, 3.63) is 117 Å². The fraction of sp³-hybridized carbons (Fsp3) is 0.613. The van der Waals surface area contributed by atoms with E-state index in [4.69, 9.17) is 10.5 Å². The molecule has 4 rings (SSSR count). The number of hydrogen-bond acceptors (Lipinski definition) is 8. The monoisotopic (exact) mass is 1100 g/mol. The van der Waals surface area contributed by atoms with Crippen molar-refractivity contribution < 1.29 is 59.2 Å². The van der Waals surface area contributed by atoms with Gasteiger partial charge in [-0.1, -0.05) is 184 Å². The van der Waals surface area contributed by atoms with Crippen molar-refractivity contribution in [2.24, 2.45) is 0 Å². The van der Waals surface area contributed by atoms with E-state index < -0.39 is 0 Å². The topological polar surface area (TPSA) is 107 Å². The van der Waals surface area contributed by atoms with Crippen molar-refractivity contribution >= 4 is 22.7 Å². The SMILES string of the molecule is CC(CC(C)Nc1c(C(C)C)cccc1C(C)C)Nc1c(C(C)C)cccc1C(C)C.CC(CC(C)Nc1c(C(C)C)cccc1C(C)C)Nc1c(C(C)C)cccc1C(C)C.CCOO.CCOO.[Zn].[Zn]. The van der Waals surface area contributed by atoms with Gasteiger partial charge in [0.1, 0.15) is 0 Å². The number of benzene rings is 4. The smallest absolute Gasteiger partial charge is 0.0791 e. The molecule has 0 aliphatic rings. The molecule has 4 unspecified atom stereocenters. The van der Waals surface area contributed by atoms with E-state index in [1.54, 1.807) is 13.8 Å². The third-order valence-electron chi connectivity index (χ3n) is 12.7. The van der Waals surface area contributed by atoms with E-state index in [0.717, 1.165) is 12.8 Å². The molecule has 6 N–H and O–H groups in total. The predicted octanol–water partition coefficient (Wildman–Crippen LogP) is 18.7. The van der Waals surface area contributed by atoms with Gasteiger partial charge in [-0.2, -0.15) is 0 Å². The maximum Gasteiger partial charge on any atom is 0.0791 e. The average Bonchev–Trinajstić information content (AvgIpc) is 3.28. The molecule has 0 radical (unpaired) electrons. The second-order valence-corrected chi connectivity index (χ2v) is 22.0. The van der Waals surface area contributed by atoms with Crippen LogP contribution < -0.4 is 21.3 Å². The van der Waals surface area contributed by atoms with Crippen LogP contribution in [0.5, 0.6) is 0 Å². The van der Waals surface area contributed by atoms with Gasteiger partial charge in [0.2, 0.25) is 0 Å².